The van der Waals surface area contributed by atoms with Crippen LogP contribution in [0.3, 0.4) is 0 Å². The van der Waals surface area contributed by atoms with Gasteiger partial charge in [-0.05, 0) is 61.0 Å². The summed E-state index contributed by atoms with van der Waals surface area (Å²) < 4.78 is 5.35. The number of para-hydroxylation sites is 1. The Kier molecular flexibility index (Phi) is 3.68. The van der Waals surface area contributed by atoms with Gasteiger partial charge < -0.3 is 9.84 Å². The van der Waals surface area contributed by atoms with Crippen LogP contribution in [0.4, 0.5) is 0 Å². The summed E-state index contributed by atoms with van der Waals surface area (Å²) in [5.74, 6) is 1.95. The topological polar surface area (TPSA) is 46.5 Å². The molecule has 1 aromatic rings. The largest absolute Gasteiger partial charge is 0.507 e. The van der Waals surface area contributed by atoms with Crippen LogP contribution in [-0.2, 0) is 4.74 Å². The fourth-order valence-corrected chi connectivity index (χ4v) is 4.34. The third kappa shape index (κ3) is 2.54. The van der Waals surface area contributed by atoms with E-state index >= 15 is 0 Å². The summed E-state index contributed by atoms with van der Waals surface area (Å²) >= 11 is 0. The van der Waals surface area contributed by atoms with E-state index < -0.39 is 5.97 Å². The van der Waals surface area contributed by atoms with E-state index in [4.69, 9.17) is 4.74 Å². The minimum absolute atomic E-state index is 0.0110. The molecule has 0 amide bonds. The van der Waals surface area contributed by atoms with Gasteiger partial charge in [-0.1, -0.05) is 26.0 Å². The zero-order valence-electron chi connectivity index (χ0n) is 12.8. The molecule has 2 bridgehead atoms. The summed E-state index contributed by atoms with van der Waals surface area (Å²) in [6.07, 6.45) is 4.89. The molecule has 0 spiro atoms. The summed E-state index contributed by atoms with van der Waals surface area (Å²) in [5, 5.41) is 9.65. The molecule has 3 aliphatic carbocycles. The van der Waals surface area contributed by atoms with Crippen LogP contribution < -0.4 is 0 Å². The summed E-state index contributed by atoms with van der Waals surface area (Å²) in [4.78, 5) is 11.9. The van der Waals surface area contributed by atoms with Gasteiger partial charge in [0.1, 0.15) is 11.3 Å². The maximum absolute atomic E-state index is 11.9. The third-order valence-corrected chi connectivity index (χ3v) is 5.85. The maximum atomic E-state index is 11.9. The number of carbonyl (C=O) groups excluding carboxylic acids is 1. The second kappa shape index (κ2) is 5.36. The van der Waals surface area contributed by atoms with Crippen LogP contribution in [0.2, 0.25) is 0 Å². The molecule has 0 saturated heterocycles. The van der Waals surface area contributed by atoms with Gasteiger partial charge in [-0.15, -0.1) is 0 Å². The highest BCUT2D eigenvalue weighted by Crippen LogP contribution is 2.61. The average molecular weight is 288 g/mol. The predicted molar refractivity (Wildman–Crippen MR) is 81.1 cm³/mol. The number of carbonyl (C=O) groups is 1. The smallest absolute Gasteiger partial charge is 0.341 e. The molecular formula is C18H24O3. The standard InChI is InChI=1S/C18H24O3/c1-18(2)13-8-7-12(15(18)11-13)9-10-21-17(20)14-5-3-4-6-16(14)19/h3-6,12-13,15,19H,7-11H2,1-2H3/t12-,13+,15-/m0/s1. The first kappa shape index (κ1) is 14.4. The van der Waals surface area contributed by atoms with E-state index in [0.717, 1.165) is 18.3 Å². The van der Waals surface area contributed by atoms with Crippen LogP contribution in [0.1, 0.15) is 49.9 Å². The summed E-state index contributed by atoms with van der Waals surface area (Å²) in [6.45, 7) is 5.22. The molecule has 0 heterocycles. The number of fused-ring (bicyclic) bond motifs is 2. The summed E-state index contributed by atoms with van der Waals surface area (Å²) in [6, 6.07) is 6.53. The quantitative estimate of drug-likeness (QED) is 0.851. The molecule has 114 valence electrons. The Morgan fingerprint density at radius 3 is 2.76 bits per heavy atom. The van der Waals surface area contributed by atoms with Gasteiger partial charge in [0, 0.05) is 0 Å². The van der Waals surface area contributed by atoms with Crippen LogP contribution in [0.5, 0.6) is 5.75 Å². The molecule has 3 saturated carbocycles. The van der Waals surface area contributed by atoms with Crippen molar-refractivity contribution in [2.75, 3.05) is 6.61 Å². The van der Waals surface area contributed by atoms with Crippen LogP contribution in [-0.4, -0.2) is 17.7 Å². The van der Waals surface area contributed by atoms with E-state index in [-0.39, 0.29) is 11.3 Å². The van der Waals surface area contributed by atoms with Crippen molar-refractivity contribution in [2.45, 2.75) is 39.5 Å². The Labute approximate surface area is 126 Å². The van der Waals surface area contributed by atoms with Crippen molar-refractivity contribution in [3.8, 4) is 5.75 Å². The minimum Gasteiger partial charge on any atom is -0.507 e. The molecule has 0 aliphatic heterocycles. The number of benzene rings is 1. The minimum atomic E-state index is -0.422. The Hall–Kier alpha value is -1.51. The zero-order valence-corrected chi connectivity index (χ0v) is 12.8. The highest BCUT2D eigenvalue weighted by atomic mass is 16.5. The van der Waals surface area contributed by atoms with Crippen molar-refractivity contribution in [1.82, 2.24) is 0 Å². The van der Waals surface area contributed by atoms with Crippen molar-refractivity contribution < 1.29 is 14.6 Å². The average Bonchev–Trinajstić information content (AvgIpc) is 2.47. The number of rotatable bonds is 4. The molecule has 21 heavy (non-hydrogen) atoms. The van der Waals surface area contributed by atoms with Gasteiger partial charge in [0.2, 0.25) is 0 Å². The summed E-state index contributed by atoms with van der Waals surface area (Å²) in [5.41, 5.74) is 0.732. The number of esters is 1. The van der Waals surface area contributed by atoms with Gasteiger partial charge in [0.05, 0.1) is 6.61 Å². The lowest BCUT2D eigenvalue weighted by molar-refractivity contribution is -0.109. The fraction of sp³-hybridized carbons (Fsp3) is 0.611. The monoisotopic (exact) mass is 288 g/mol. The Morgan fingerprint density at radius 1 is 1.33 bits per heavy atom. The van der Waals surface area contributed by atoms with E-state index in [9.17, 15) is 9.90 Å². The number of phenols is 1. The number of ether oxygens (including phenoxy) is 1. The van der Waals surface area contributed by atoms with E-state index in [1.54, 1.807) is 18.2 Å². The second-order valence-corrected chi connectivity index (χ2v) is 7.14. The van der Waals surface area contributed by atoms with Crippen molar-refractivity contribution in [3.05, 3.63) is 29.8 Å². The SMILES string of the molecule is CC1(C)[C@@H]2CC[C@@H](CCOC(=O)c3ccccc3O)[C@@H]1C2. The third-order valence-electron chi connectivity index (χ3n) is 5.85. The number of hydrogen-bond acceptors (Lipinski definition) is 3. The zero-order chi connectivity index (χ0) is 15.0. The van der Waals surface area contributed by atoms with E-state index in [0.29, 0.717) is 17.9 Å². The van der Waals surface area contributed by atoms with Crippen LogP contribution >= 0.6 is 0 Å². The molecule has 3 atom stereocenters. The van der Waals surface area contributed by atoms with Crippen molar-refractivity contribution in [1.29, 1.82) is 0 Å². The fourth-order valence-electron chi connectivity index (χ4n) is 4.34. The van der Waals surface area contributed by atoms with Gasteiger partial charge in [0.15, 0.2) is 0 Å². The first-order chi connectivity index (χ1) is 10.00. The first-order valence-corrected chi connectivity index (χ1v) is 7.95. The molecular weight excluding hydrogens is 264 g/mol. The first-order valence-electron chi connectivity index (χ1n) is 7.95. The van der Waals surface area contributed by atoms with E-state index in [1.165, 1.54) is 25.3 Å². The molecule has 3 nitrogen and oxygen atoms in total. The Balaban J connectivity index is 1.51. The summed E-state index contributed by atoms with van der Waals surface area (Å²) in [7, 11) is 0. The molecule has 0 aromatic heterocycles. The normalized spacial score (nSPS) is 29.5. The van der Waals surface area contributed by atoms with Gasteiger partial charge in [-0.3, -0.25) is 0 Å². The van der Waals surface area contributed by atoms with Crippen molar-refractivity contribution >= 4 is 5.97 Å². The van der Waals surface area contributed by atoms with Crippen molar-refractivity contribution in [2.24, 2.45) is 23.2 Å². The maximum Gasteiger partial charge on any atom is 0.341 e. The lowest BCUT2D eigenvalue weighted by Gasteiger charge is -2.60. The second-order valence-electron chi connectivity index (χ2n) is 7.14. The van der Waals surface area contributed by atoms with Gasteiger partial charge in [-0.2, -0.15) is 0 Å². The highest BCUT2D eigenvalue weighted by Gasteiger charge is 2.53. The van der Waals surface area contributed by atoms with E-state index in [1.807, 2.05) is 0 Å². The van der Waals surface area contributed by atoms with Crippen molar-refractivity contribution in [3.63, 3.8) is 0 Å². The van der Waals surface area contributed by atoms with Crippen LogP contribution in [0, 0.1) is 23.2 Å². The lowest BCUT2D eigenvalue weighted by Crippen LogP contribution is -2.52. The molecule has 3 fully saturated rings. The van der Waals surface area contributed by atoms with Gasteiger partial charge in [0.25, 0.3) is 0 Å². The molecule has 1 aromatic carbocycles. The number of phenolic OH excluding ortho intramolecular Hbond substituents is 1. The highest BCUT2D eigenvalue weighted by molar-refractivity contribution is 5.92. The molecule has 1 N–H and O–H groups in total. The number of hydrogen-bond donors (Lipinski definition) is 1. The predicted octanol–water partition coefficient (Wildman–Crippen LogP) is 4.01. The van der Waals surface area contributed by atoms with Gasteiger partial charge in [-0.25, -0.2) is 4.79 Å². The van der Waals surface area contributed by atoms with Gasteiger partial charge >= 0.3 is 5.97 Å². The number of aromatic hydroxyl groups is 1. The molecule has 0 radical (unpaired) electrons. The van der Waals surface area contributed by atoms with Crippen LogP contribution in [0.15, 0.2) is 24.3 Å². The molecule has 0 unspecified atom stereocenters. The Morgan fingerprint density at radius 2 is 2.10 bits per heavy atom. The van der Waals surface area contributed by atoms with E-state index in [2.05, 4.69) is 13.8 Å². The molecule has 3 heteroatoms. The Bertz CT molecular complexity index is 533. The van der Waals surface area contributed by atoms with Crippen LogP contribution in [0.25, 0.3) is 0 Å². The molecule has 3 aliphatic rings. The molecule has 4 rings (SSSR count). The lowest BCUT2D eigenvalue weighted by atomic mass is 9.45.